The summed E-state index contributed by atoms with van der Waals surface area (Å²) in [5.74, 6) is -0.268. The zero-order valence-electron chi connectivity index (χ0n) is 14.9. The number of hydrogen-bond acceptors (Lipinski definition) is 5. The lowest BCUT2D eigenvalue weighted by Gasteiger charge is -2.30. The Morgan fingerprint density at radius 1 is 1.12 bits per heavy atom. The lowest BCUT2D eigenvalue weighted by Crippen LogP contribution is -2.32. The van der Waals surface area contributed by atoms with Crippen LogP contribution >= 0.6 is 0 Å². The van der Waals surface area contributed by atoms with Crippen LogP contribution in [-0.2, 0) is 19.0 Å². The van der Waals surface area contributed by atoms with Crippen LogP contribution in [-0.4, -0.2) is 42.3 Å². The van der Waals surface area contributed by atoms with E-state index < -0.39 is 5.79 Å². The summed E-state index contributed by atoms with van der Waals surface area (Å²) in [5.41, 5.74) is 0. The standard InChI is InChI=1S/C19H32O5/c1-2-3-4-5-6-8-19(22-10-11-23-19)9-7-14-15-12-18(21)24-17(15)13-16(14)20/h14-17,20H,2-13H2,1H3/t14-,15+,16+,17?/m1/s1. The van der Waals surface area contributed by atoms with Crippen molar-refractivity contribution in [3.63, 3.8) is 0 Å². The Balaban J connectivity index is 1.49. The number of rotatable bonds is 9. The van der Waals surface area contributed by atoms with Crippen LogP contribution in [0.1, 0.15) is 71.1 Å². The Labute approximate surface area is 145 Å². The van der Waals surface area contributed by atoms with E-state index in [9.17, 15) is 9.90 Å². The molecule has 0 radical (unpaired) electrons. The van der Waals surface area contributed by atoms with Crippen LogP contribution in [0, 0.1) is 11.8 Å². The second-order valence-electron chi connectivity index (χ2n) is 7.67. The topological polar surface area (TPSA) is 65.0 Å². The molecule has 3 aliphatic rings. The predicted molar refractivity (Wildman–Crippen MR) is 89.3 cm³/mol. The van der Waals surface area contributed by atoms with E-state index in [2.05, 4.69) is 6.92 Å². The third-order valence-electron chi connectivity index (χ3n) is 6.01. The third kappa shape index (κ3) is 4.12. The van der Waals surface area contributed by atoms with E-state index >= 15 is 0 Å². The Bertz CT molecular complexity index is 418. The minimum Gasteiger partial charge on any atom is -0.462 e. The van der Waals surface area contributed by atoms with E-state index in [1.165, 1.54) is 25.7 Å². The SMILES string of the molecule is CCCCCCCC1(CC[C@@H]2[C@@H]3CC(=O)OC3C[C@@H]2O)OCCO1. The van der Waals surface area contributed by atoms with Gasteiger partial charge in [0.1, 0.15) is 6.10 Å². The molecule has 4 atom stereocenters. The van der Waals surface area contributed by atoms with Gasteiger partial charge in [-0.2, -0.15) is 0 Å². The number of unbranched alkanes of at least 4 members (excludes halogenated alkanes) is 4. The second kappa shape index (κ2) is 8.15. The van der Waals surface area contributed by atoms with Crippen molar-refractivity contribution in [3.8, 4) is 0 Å². The van der Waals surface area contributed by atoms with Gasteiger partial charge >= 0.3 is 5.97 Å². The van der Waals surface area contributed by atoms with E-state index in [0.29, 0.717) is 26.1 Å². The molecule has 0 aromatic heterocycles. The van der Waals surface area contributed by atoms with Gasteiger partial charge in [-0.05, 0) is 18.8 Å². The van der Waals surface area contributed by atoms with Crippen LogP contribution in [0.15, 0.2) is 0 Å². The minimum absolute atomic E-state index is 0.0760. The van der Waals surface area contributed by atoms with Gasteiger partial charge in [-0.1, -0.05) is 32.6 Å². The number of fused-ring (bicyclic) bond motifs is 1. The van der Waals surface area contributed by atoms with Crippen molar-refractivity contribution >= 4 is 5.97 Å². The molecule has 1 unspecified atom stereocenters. The molecule has 1 saturated carbocycles. The van der Waals surface area contributed by atoms with Crippen LogP contribution in [0.3, 0.4) is 0 Å². The first-order valence-electron chi connectivity index (χ1n) is 9.79. The van der Waals surface area contributed by atoms with Crippen molar-refractivity contribution in [1.82, 2.24) is 0 Å². The fraction of sp³-hybridized carbons (Fsp3) is 0.947. The number of esters is 1. The number of carbonyl (C=O) groups is 1. The molecule has 2 heterocycles. The molecule has 0 amide bonds. The Hall–Kier alpha value is -0.650. The smallest absolute Gasteiger partial charge is 0.306 e. The summed E-state index contributed by atoms with van der Waals surface area (Å²) >= 11 is 0. The summed E-state index contributed by atoms with van der Waals surface area (Å²) in [7, 11) is 0. The monoisotopic (exact) mass is 340 g/mol. The van der Waals surface area contributed by atoms with Gasteiger partial charge in [-0.3, -0.25) is 4.79 Å². The third-order valence-corrected chi connectivity index (χ3v) is 6.01. The summed E-state index contributed by atoms with van der Waals surface area (Å²) in [6.45, 7) is 3.55. The molecule has 5 heteroatoms. The van der Waals surface area contributed by atoms with E-state index in [1.807, 2.05) is 0 Å². The van der Waals surface area contributed by atoms with Gasteiger partial charge in [-0.25, -0.2) is 0 Å². The lowest BCUT2D eigenvalue weighted by molar-refractivity contribution is -0.171. The van der Waals surface area contributed by atoms with Crippen LogP contribution in [0.5, 0.6) is 0 Å². The van der Waals surface area contributed by atoms with Gasteiger partial charge in [0, 0.05) is 25.2 Å². The minimum atomic E-state index is -0.465. The number of hydrogen-bond donors (Lipinski definition) is 1. The van der Waals surface area contributed by atoms with Crippen molar-refractivity contribution < 1.29 is 24.1 Å². The first kappa shape index (κ1) is 18.2. The van der Waals surface area contributed by atoms with Gasteiger partial charge < -0.3 is 19.3 Å². The molecule has 2 aliphatic heterocycles. The summed E-state index contributed by atoms with van der Waals surface area (Å²) in [5, 5.41) is 10.3. The number of aliphatic hydroxyl groups is 1. The summed E-state index contributed by atoms with van der Waals surface area (Å²) in [6, 6.07) is 0. The molecule has 0 bridgehead atoms. The number of aliphatic hydroxyl groups excluding tert-OH is 1. The average Bonchev–Trinajstić information content (AvgIpc) is 3.21. The maximum absolute atomic E-state index is 11.5. The van der Waals surface area contributed by atoms with Gasteiger partial charge in [0.15, 0.2) is 5.79 Å². The normalized spacial score (nSPS) is 34.5. The molecule has 3 rings (SSSR count). The molecule has 1 aliphatic carbocycles. The van der Waals surface area contributed by atoms with Crippen LogP contribution in [0.2, 0.25) is 0 Å². The largest absolute Gasteiger partial charge is 0.462 e. The van der Waals surface area contributed by atoms with Crippen molar-refractivity contribution in [3.05, 3.63) is 0 Å². The van der Waals surface area contributed by atoms with Crippen molar-refractivity contribution in [2.24, 2.45) is 11.8 Å². The van der Waals surface area contributed by atoms with Crippen LogP contribution in [0.4, 0.5) is 0 Å². The summed E-state index contributed by atoms with van der Waals surface area (Å²) in [4.78, 5) is 11.5. The molecule has 5 nitrogen and oxygen atoms in total. The fourth-order valence-corrected chi connectivity index (χ4v) is 4.68. The maximum Gasteiger partial charge on any atom is 0.306 e. The highest BCUT2D eigenvalue weighted by molar-refractivity contribution is 5.72. The average molecular weight is 340 g/mol. The lowest BCUT2D eigenvalue weighted by atomic mass is 9.86. The molecule has 0 spiro atoms. The fourth-order valence-electron chi connectivity index (χ4n) is 4.68. The molecule has 138 valence electrons. The first-order valence-corrected chi connectivity index (χ1v) is 9.79. The second-order valence-corrected chi connectivity index (χ2v) is 7.67. The molecule has 3 fully saturated rings. The zero-order chi connectivity index (χ0) is 17.0. The summed E-state index contributed by atoms with van der Waals surface area (Å²) < 4.78 is 17.3. The quantitative estimate of drug-likeness (QED) is 0.516. The molecule has 2 saturated heterocycles. The van der Waals surface area contributed by atoms with Crippen LogP contribution < -0.4 is 0 Å². The maximum atomic E-state index is 11.5. The molecular formula is C19H32O5. The van der Waals surface area contributed by atoms with E-state index in [4.69, 9.17) is 14.2 Å². The Morgan fingerprint density at radius 3 is 2.62 bits per heavy atom. The number of carbonyl (C=O) groups excluding carboxylic acids is 1. The van der Waals surface area contributed by atoms with Crippen molar-refractivity contribution in [1.29, 1.82) is 0 Å². The van der Waals surface area contributed by atoms with E-state index in [-0.39, 0.29) is 30.0 Å². The molecule has 24 heavy (non-hydrogen) atoms. The Morgan fingerprint density at radius 2 is 1.88 bits per heavy atom. The highest BCUT2D eigenvalue weighted by atomic mass is 16.7. The zero-order valence-corrected chi connectivity index (χ0v) is 14.9. The van der Waals surface area contributed by atoms with Crippen molar-refractivity contribution in [2.45, 2.75) is 89.1 Å². The highest BCUT2D eigenvalue weighted by Crippen LogP contribution is 2.45. The molecule has 0 aromatic carbocycles. The first-order chi connectivity index (χ1) is 11.6. The molecule has 0 aromatic rings. The van der Waals surface area contributed by atoms with E-state index in [0.717, 1.165) is 25.7 Å². The van der Waals surface area contributed by atoms with Crippen molar-refractivity contribution in [2.75, 3.05) is 13.2 Å². The van der Waals surface area contributed by atoms with Gasteiger partial charge in [0.25, 0.3) is 0 Å². The van der Waals surface area contributed by atoms with Gasteiger partial charge in [0.05, 0.1) is 25.7 Å². The van der Waals surface area contributed by atoms with Crippen LogP contribution in [0.25, 0.3) is 0 Å². The summed E-state index contributed by atoms with van der Waals surface area (Å²) in [6.07, 6.45) is 9.35. The molecule has 1 N–H and O–H groups in total. The predicted octanol–water partition coefficient (Wildman–Crippen LogP) is 3.18. The van der Waals surface area contributed by atoms with Gasteiger partial charge in [-0.15, -0.1) is 0 Å². The molecular weight excluding hydrogens is 308 g/mol. The van der Waals surface area contributed by atoms with E-state index in [1.54, 1.807) is 0 Å². The van der Waals surface area contributed by atoms with Gasteiger partial charge in [0.2, 0.25) is 0 Å². The number of ether oxygens (including phenoxy) is 3. The highest BCUT2D eigenvalue weighted by Gasteiger charge is 2.50. The Kier molecular flexibility index (Phi) is 6.17.